The fraction of sp³-hybridized carbons (Fsp3) is 0.286. The van der Waals surface area contributed by atoms with E-state index in [0.29, 0.717) is 11.4 Å². The first-order valence-electron chi connectivity index (χ1n) is 6.62. The Morgan fingerprint density at radius 2 is 2.05 bits per heavy atom. The molecule has 0 saturated carbocycles. The van der Waals surface area contributed by atoms with Crippen LogP contribution in [0.3, 0.4) is 0 Å². The van der Waals surface area contributed by atoms with Gasteiger partial charge in [-0.2, -0.15) is 5.10 Å². The number of carbonyl (C=O) groups excluding carboxylic acids is 1. The summed E-state index contributed by atoms with van der Waals surface area (Å²) in [6.45, 7) is 4.04. The van der Waals surface area contributed by atoms with Crippen LogP contribution >= 0.6 is 0 Å². The van der Waals surface area contributed by atoms with Gasteiger partial charge in [-0.15, -0.1) is 0 Å². The normalized spacial score (nSPS) is 11.9. The smallest absolute Gasteiger partial charge is 0.269 e. The number of rotatable bonds is 5. The van der Waals surface area contributed by atoms with Crippen LogP contribution < -0.4 is 5.32 Å². The molecule has 1 heterocycles. The van der Waals surface area contributed by atoms with Crippen molar-refractivity contribution in [2.45, 2.75) is 26.3 Å². The summed E-state index contributed by atoms with van der Waals surface area (Å²) in [6.07, 6.45) is 2.51. The topological polar surface area (TPSA) is 90.1 Å². The highest BCUT2D eigenvalue weighted by molar-refractivity contribution is 6.03. The summed E-state index contributed by atoms with van der Waals surface area (Å²) in [6, 6.07) is 7.36. The predicted molar refractivity (Wildman–Crippen MR) is 78.3 cm³/mol. The third kappa shape index (κ3) is 3.25. The molecule has 2 aromatic rings. The minimum atomic E-state index is -0.500. The van der Waals surface area contributed by atoms with Crippen LogP contribution in [0.5, 0.6) is 0 Å². The highest BCUT2D eigenvalue weighted by Crippen LogP contribution is 2.18. The van der Waals surface area contributed by atoms with Crippen LogP contribution in [-0.4, -0.2) is 20.6 Å². The van der Waals surface area contributed by atoms with Gasteiger partial charge in [-0.25, -0.2) is 4.68 Å². The molecule has 1 aromatic heterocycles. The second-order valence-electron chi connectivity index (χ2n) is 4.68. The van der Waals surface area contributed by atoms with E-state index < -0.39 is 4.92 Å². The number of anilines is 1. The van der Waals surface area contributed by atoms with E-state index >= 15 is 0 Å². The number of amides is 1. The molecule has 7 heteroatoms. The molecule has 1 atom stereocenters. The Morgan fingerprint density at radius 3 is 2.62 bits per heavy atom. The van der Waals surface area contributed by atoms with Gasteiger partial charge in [-0.05, 0) is 25.5 Å². The average molecular weight is 288 g/mol. The Kier molecular flexibility index (Phi) is 4.32. The van der Waals surface area contributed by atoms with Crippen LogP contribution in [0.2, 0.25) is 0 Å². The quantitative estimate of drug-likeness (QED) is 0.676. The van der Waals surface area contributed by atoms with E-state index in [0.717, 1.165) is 6.42 Å². The first-order valence-corrected chi connectivity index (χ1v) is 6.62. The third-order valence-corrected chi connectivity index (χ3v) is 3.26. The maximum absolute atomic E-state index is 12.1. The zero-order valence-electron chi connectivity index (χ0n) is 11.8. The fourth-order valence-corrected chi connectivity index (χ4v) is 1.86. The van der Waals surface area contributed by atoms with Crippen molar-refractivity contribution in [1.29, 1.82) is 0 Å². The van der Waals surface area contributed by atoms with Gasteiger partial charge in [0.2, 0.25) is 0 Å². The summed E-state index contributed by atoms with van der Waals surface area (Å²) in [5.74, 6) is 0.280. The molecule has 1 aromatic carbocycles. The molecule has 0 spiro atoms. The van der Waals surface area contributed by atoms with E-state index in [1.54, 1.807) is 16.9 Å². The lowest BCUT2D eigenvalue weighted by Crippen LogP contribution is -2.17. The number of nitrogens with one attached hydrogen (secondary N) is 1. The summed E-state index contributed by atoms with van der Waals surface area (Å²) in [5.41, 5.74) is 0.314. The van der Waals surface area contributed by atoms with Gasteiger partial charge in [-0.3, -0.25) is 14.9 Å². The molecule has 0 fully saturated rings. The van der Waals surface area contributed by atoms with Gasteiger partial charge in [0.1, 0.15) is 5.82 Å². The Morgan fingerprint density at radius 1 is 1.38 bits per heavy atom. The van der Waals surface area contributed by atoms with Crippen molar-refractivity contribution in [2.75, 3.05) is 5.32 Å². The molecule has 0 radical (unpaired) electrons. The Balaban J connectivity index is 2.15. The number of hydrogen-bond acceptors (Lipinski definition) is 4. The highest BCUT2D eigenvalue weighted by atomic mass is 16.6. The summed E-state index contributed by atoms with van der Waals surface area (Å²) in [4.78, 5) is 22.2. The second kappa shape index (κ2) is 6.17. The maximum Gasteiger partial charge on any atom is 0.269 e. The van der Waals surface area contributed by atoms with Crippen LogP contribution in [0.25, 0.3) is 0 Å². The molecule has 0 saturated heterocycles. The maximum atomic E-state index is 12.1. The summed E-state index contributed by atoms with van der Waals surface area (Å²) in [5, 5.41) is 17.5. The first-order chi connectivity index (χ1) is 10.0. The molecule has 1 amide bonds. The number of nitro groups is 1. The largest absolute Gasteiger partial charge is 0.307 e. The lowest BCUT2D eigenvalue weighted by molar-refractivity contribution is -0.384. The van der Waals surface area contributed by atoms with E-state index in [4.69, 9.17) is 0 Å². The van der Waals surface area contributed by atoms with Crippen molar-refractivity contribution in [2.24, 2.45) is 0 Å². The molecular formula is C14H16N4O3. The molecule has 0 aliphatic carbocycles. The zero-order chi connectivity index (χ0) is 15.4. The Hall–Kier alpha value is -2.70. The van der Waals surface area contributed by atoms with Crippen LogP contribution in [0, 0.1) is 10.1 Å². The average Bonchev–Trinajstić information content (AvgIpc) is 2.94. The number of nitrogens with zero attached hydrogens (tertiary/aromatic N) is 3. The number of carbonyl (C=O) groups is 1. The van der Waals surface area contributed by atoms with E-state index in [2.05, 4.69) is 10.4 Å². The number of aromatic nitrogens is 2. The van der Waals surface area contributed by atoms with E-state index in [1.807, 2.05) is 13.8 Å². The van der Waals surface area contributed by atoms with Crippen LogP contribution in [-0.2, 0) is 0 Å². The molecule has 110 valence electrons. The van der Waals surface area contributed by atoms with E-state index in [9.17, 15) is 14.9 Å². The van der Waals surface area contributed by atoms with E-state index in [-0.39, 0.29) is 17.6 Å². The van der Waals surface area contributed by atoms with Crippen LogP contribution in [0.4, 0.5) is 11.5 Å². The number of hydrogen-bond donors (Lipinski definition) is 1. The fourth-order valence-electron chi connectivity index (χ4n) is 1.86. The number of non-ortho nitro benzene ring substituents is 1. The van der Waals surface area contributed by atoms with Crippen molar-refractivity contribution in [3.05, 3.63) is 52.2 Å². The van der Waals surface area contributed by atoms with Gasteiger partial charge >= 0.3 is 0 Å². The molecule has 1 N–H and O–H groups in total. The molecule has 7 nitrogen and oxygen atoms in total. The van der Waals surface area contributed by atoms with Crippen molar-refractivity contribution in [3.63, 3.8) is 0 Å². The van der Waals surface area contributed by atoms with Gasteiger partial charge in [0.25, 0.3) is 11.6 Å². The van der Waals surface area contributed by atoms with Crippen molar-refractivity contribution in [3.8, 4) is 0 Å². The molecule has 1 unspecified atom stereocenters. The zero-order valence-corrected chi connectivity index (χ0v) is 11.8. The lowest BCUT2D eigenvalue weighted by atomic mass is 10.2. The third-order valence-electron chi connectivity index (χ3n) is 3.26. The first kappa shape index (κ1) is 14.7. The molecular weight excluding hydrogens is 272 g/mol. The number of nitro benzene ring substituents is 1. The molecule has 2 rings (SSSR count). The molecule has 0 aliphatic rings. The van der Waals surface area contributed by atoms with Gasteiger partial charge in [-0.1, -0.05) is 6.92 Å². The predicted octanol–water partition coefficient (Wildman–Crippen LogP) is 3.01. The van der Waals surface area contributed by atoms with Gasteiger partial charge in [0.15, 0.2) is 0 Å². The van der Waals surface area contributed by atoms with Gasteiger partial charge in [0.05, 0.1) is 17.2 Å². The minimum absolute atomic E-state index is 0.0452. The van der Waals surface area contributed by atoms with Gasteiger partial charge < -0.3 is 5.32 Å². The summed E-state index contributed by atoms with van der Waals surface area (Å²) in [7, 11) is 0. The van der Waals surface area contributed by atoms with Gasteiger partial charge in [0, 0.05) is 23.8 Å². The second-order valence-corrected chi connectivity index (χ2v) is 4.68. The van der Waals surface area contributed by atoms with Crippen molar-refractivity contribution < 1.29 is 9.72 Å². The minimum Gasteiger partial charge on any atom is -0.307 e. The molecule has 21 heavy (non-hydrogen) atoms. The molecule has 0 aliphatic heterocycles. The van der Waals surface area contributed by atoms with Crippen molar-refractivity contribution >= 4 is 17.4 Å². The molecule has 0 bridgehead atoms. The summed E-state index contributed by atoms with van der Waals surface area (Å²) < 4.78 is 1.74. The van der Waals surface area contributed by atoms with Crippen LogP contribution in [0.1, 0.15) is 36.7 Å². The van der Waals surface area contributed by atoms with E-state index in [1.165, 1.54) is 24.3 Å². The van der Waals surface area contributed by atoms with Crippen molar-refractivity contribution in [1.82, 2.24) is 9.78 Å². The number of benzene rings is 1. The standard InChI is InChI=1S/C14H16N4O3/c1-3-10(2)17-13(8-9-15-17)16-14(19)11-4-6-12(7-5-11)18(20)21/h4-10H,3H2,1-2H3,(H,16,19). The monoisotopic (exact) mass is 288 g/mol. The Bertz CT molecular complexity index is 648. The van der Waals surface area contributed by atoms with Crippen LogP contribution in [0.15, 0.2) is 36.5 Å². The Labute approximate surface area is 121 Å². The summed E-state index contributed by atoms with van der Waals surface area (Å²) >= 11 is 0. The highest BCUT2D eigenvalue weighted by Gasteiger charge is 2.13. The lowest BCUT2D eigenvalue weighted by Gasteiger charge is -2.14. The SMILES string of the molecule is CCC(C)n1nccc1NC(=O)c1ccc([N+](=O)[O-])cc1.